The average Bonchev–Trinajstić information content (AvgIpc) is 3.01. The van der Waals surface area contributed by atoms with Gasteiger partial charge < -0.3 is 10.1 Å². The summed E-state index contributed by atoms with van der Waals surface area (Å²) in [6, 6.07) is 5.76. The van der Waals surface area contributed by atoms with E-state index in [1.807, 2.05) is 6.92 Å². The maximum atomic E-state index is 12.1. The molecule has 1 aliphatic heterocycles. The molecule has 6 nitrogen and oxygen atoms in total. The Hall–Kier alpha value is -1.44. The molecule has 2 rings (SSSR count). The molecular formula is C14H20N2O4S. The Morgan fingerprint density at radius 1 is 1.33 bits per heavy atom. The number of amides is 1. The predicted molar refractivity (Wildman–Crippen MR) is 78.6 cm³/mol. The van der Waals surface area contributed by atoms with E-state index in [2.05, 4.69) is 10.0 Å². The Bertz CT molecular complexity index is 592. The number of rotatable bonds is 5. The lowest BCUT2D eigenvalue weighted by atomic mass is 10.1. The molecule has 0 bridgehead atoms. The quantitative estimate of drug-likeness (QED) is 0.846. The molecule has 0 aliphatic carbocycles. The molecule has 0 aromatic heterocycles. The van der Waals surface area contributed by atoms with Gasteiger partial charge in [0.05, 0.1) is 17.0 Å². The van der Waals surface area contributed by atoms with E-state index in [4.69, 9.17) is 4.74 Å². The molecule has 0 radical (unpaired) electrons. The van der Waals surface area contributed by atoms with Gasteiger partial charge in [0.1, 0.15) is 0 Å². The van der Waals surface area contributed by atoms with Crippen LogP contribution in [-0.2, 0) is 14.8 Å². The molecule has 1 aromatic rings. The predicted octanol–water partition coefficient (Wildman–Crippen LogP) is 0.892. The third kappa shape index (κ3) is 3.81. The van der Waals surface area contributed by atoms with Crippen molar-refractivity contribution in [3.8, 4) is 0 Å². The fourth-order valence-corrected chi connectivity index (χ4v) is 3.01. The Morgan fingerprint density at radius 3 is 2.52 bits per heavy atom. The molecule has 1 aliphatic rings. The third-order valence-electron chi connectivity index (χ3n) is 3.58. The maximum Gasteiger partial charge on any atom is 0.251 e. The van der Waals surface area contributed by atoms with E-state index in [0.29, 0.717) is 5.56 Å². The van der Waals surface area contributed by atoms with Crippen LogP contribution in [0, 0.1) is 0 Å². The molecule has 1 amide bonds. The van der Waals surface area contributed by atoms with Gasteiger partial charge in [-0.15, -0.1) is 0 Å². The first kappa shape index (κ1) is 15.9. The third-order valence-corrected chi connectivity index (χ3v) is 5.01. The Morgan fingerprint density at radius 2 is 2.00 bits per heavy atom. The number of ether oxygens (including phenoxy) is 1. The number of nitrogens with one attached hydrogen (secondary N) is 2. The van der Waals surface area contributed by atoms with Gasteiger partial charge in [-0.1, -0.05) is 0 Å². The first-order valence-electron chi connectivity index (χ1n) is 6.90. The Kier molecular flexibility index (Phi) is 4.97. The van der Waals surface area contributed by atoms with Gasteiger partial charge in [0.25, 0.3) is 5.91 Å². The van der Waals surface area contributed by atoms with Crippen LogP contribution >= 0.6 is 0 Å². The van der Waals surface area contributed by atoms with Crippen molar-refractivity contribution < 1.29 is 17.9 Å². The minimum Gasteiger partial charge on any atom is -0.376 e. The summed E-state index contributed by atoms with van der Waals surface area (Å²) in [6.07, 6.45) is 2.01. The number of sulfonamides is 1. The molecule has 0 saturated carbocycles. The lowest BCUT2D eigenvalue weighted by Gasteiger charge is -2.20. The summed E-state index contributed by atoms with van der Waals surface area (Å²) in [5.41, 5.74) is 0.426. The minimum atomic E-state index is -3.48. The van der Waals surface area contributed by atoms with Gasteiger partial charge in [0, 0.05) is 12.2 Å². The highest BCUT2D eigenvalue weighted by molar-refractivity contribution is 7.89. The van der Waals surface area contributed by atoms with Crippen molar-refractivity contribution in [3.63, 3.8) is 0 Å². The largest absolute Gasteiger partial charge is 0.376 e. The zero-order chi connectivity index (χ0) is 15.5. The lowest BCUT2D eigenvalue weighted by molar-refractivity contribution is 0.0712. The average molecular weight is 312 g/mol. The SMILES string of the molecule is CNS(=O)(=O)c1ccc(C(=O)N[C@@H](C)[C@@H]2CCCO2)cc1. The fraction of sp³-hybridized carbons (Fsp3) is 0.500. The summed E-state index contributed by atoms with van der Waals surface area (Å²) >= 11 is 0. The summed E-state index contributed by atoms with van der Waals surface area (Å²) in [5.74, 6) is -0.230. The monoisotopic (exact) mass is 312 g/mol. The normalized spacial score (nSPS) is 20.2. The van der Waals surface area contributed by atoms with Crippen LogP contribution in [0.2, 0.25) is 0 Å². The van der Waals surface area contributed by atoms with Gasteiger partial charge in [0.15, 0.2) is 0 Å². The molecule has 21 heavy (non-hydrogen) atoms. The van der Waals surface area contributed by atoms with Gasteiger partial charge in [-0.25, -0.2) is 13.1 Å². The van der Waals surface area contributed by atoms with Crippen LogP contribution in [0.1, 0.15) is 30.1 Å². The van der Waals surface area contributed by atoms with E-state index in [1.165, 1.54) is 31.3 Å². The molecular weight excluding hydrogens is 292 g/mol. The number of carbonyl (C=O) groups excluding carboxylic acids is 1. The first-order chi connectivity index (χ1) is 9.94. The molecule has 7 heteroatoms. The van der Waals surface area contributed by atoms with Crippen molar-refractivity contribution in [1.29, 1.82) is 0 Å². The standard InChI is InChI=1S/C14H20N2O4S/c1-10(13-4-3-9-20-13)16-14(17)11-5-7-12(8-6-11)21(18,19)15-2/h5-8,10,13,15H,3-4,9H2,1-2H3,(H,16,17)/t10-,13-/m0/s1. The minimum absolute atomic E-state index is 0.0536. The highest BCUT2D eigenvalue weighted by Gasteiger charge is 2.24. The van der Waals surface area contributed by atoms with E-state index in [0.717, 1.165) is 19.4 Å². The molecule has 1 heterocycles. The highest BCUT2D eigenvalue weighted by Crippen LogP contribution is 2.16. The summed E-state index contributed by atoms with van der Waals surface area (Å²) in [4.78, 5) is 12.2. The number of hydrogen-bond acceptors (Lipinski definition) is 4. The summed E-state index contributed by atoms with van der Waals surface area (Å²) in [5, 5.41) is 2.88. The second-order valence-corrected chi connectivity index (χ2v) is 6.93. The van der Waals surface area contributed by atoms with Crippen LogP contribution in [-0.4, -0.2) is 40.1 Å². The van der Waals surface area contributed by atoms with E-state index in [1.54, 1.807) is 0 Å². The zero-order valence-electron chi connectivity index (χ0n) is 12.1. The zero-order valence-corrected chi connectivity index (χ0v) is 12.9. The molecule has 116 valence electrons. The number of carbonyl (C=O) groups is 1. The lowest BCUT2D eigenvalue weighted by Crippen LogP contribution is -2.40. The molecule has 2 N–H and O–H groups in total. The topological polar surface area (TPSA) is 84.5 Å². The van der Waals surface area contributed by atoms with Crippen LogP contribution in [0.3, 0.4) is 0 Å². The summed E-state index contributed by atoms with van der Waals surface area (Å²) in [7, 11) is -2.13. The van der Waals surface area contributed by atoms with Crippen molar-refractivity contribution >= 4 is 15.9 Å². The van der Waals surface area contributed by atoms with Crippen molar-refractivity contribution in [2.24, 2.45) is 0 Å². The van der Waals surface area contributed by atoms with Gasteiger partial charge in [-0.05, 0) is 51.1 Å². The molecule has 1 aromatic carbocycles. The first-order valence-corrected chi connectivity index (χ1v) is 8.38. The van der Waals surface area contributed by atoms with E-state index in [-0.39, 0.29) is 22.9 Å². The number of benzene rings is 1. The number of hydrogen-bond donors (Lipinski definition) is 2. The molecule has 0 unspecified atom stereocenters. The summed E-state index contributed by atoms with van der Waals surface area (Å²) < 4.78 is 31.0. The smallest absolute Gasteiger partial charge is 0.251 e. The second-order valence-electron chi connectivity index (χ2n) is 5.05. The maximum absolute atomic E-state index is 12.1. The van der Waals surface area contributed by atoms with Crippen molar-refractivity contribution in [1.82, 2.24) is 10.0 Å². The Balaban J connectivity index is 2.03. The van der Waals surface area contributed by atoms with Crippen LogP contribution < -0.4 is 10.0 Å². The van der Waals surface area contributed by atoms with Crippen molar-refractivity contribution in [3.05, 3.63) is 29.8 Å². The van der Waals surface area contributed by atoms with Crippen molar-refractivity contribution in [2.75, 3.05) is 13.7 Å². The molecule has 0 spiro atoms. The van der Waals surface area contributed by atoms with Gasteiger partial charge >= 0.3 is 0 Å². The molecule has 1 saturated heterocycles. The van der Waals surface area contributed by atoms with Gasteiger partial charge in [0.2, 0.25) is 10.0 Å². The fourth-order valence-electron chi connectivity index (χ4n) is 2.28. The van der Waals surface area contributed by atoms with Crippen LogP contribution in [0.15, 0.2) is 29.2 Å². The highest BCUT2D eigenvalue weighted by atomic mass is 32.2. The van der Waals surface area contributed by atoms with Crippen LogP contribution in [0.5, 0.6) is 0 Å². The van der Waals surface area contributed by atoms with E-state index < -0.39 is 10.0 Å². The van der Waals surface area contributed by atoms with E-state index >= 15 is 0 Å². The van der Waals surface area contributed by atoms with Gasteiger partial charge in [-0.2, -0.15) is 0 Å². The van der Waals surface area contributed by atoms with Crippen LogP contribution in [0.4, 0.5) is 0 Å². The summed E-state index contributed by atoms with van der Waals surface area (Å²) in [6.45, 7) is 2.65. The molecule has 1 fully saturated rings. The second kappa shape index (κ2) is 6.55. The van der Waals surface area contributed by atoms with Crippen LogP contribution in [0.25, 0.3) is 0 Å². The van der Waals surface area contributed by atoms with Crippen molar-refractivity contribution in [2.45, 2.75) is 36.8 Å². The Labute approximate surface area is 124 Å². The molecule has 2 atom stereocenters. The van der Waals surface area contributed by atoms with E-state index in [9.17, 15) is 13.2 Å². The van der Waals surface area contributed by atoms with Gasteiger partial charge in [-0.3, -0.25) is 4.79 Å².